The van der Waals surface area contributed by atoms with Crippen molar-refractivity contribution in [3.05, 3.63) is 45.3 Å². The Kier molecular flexibility index (Phi) is 6.39. The number of para-hydroxylation sites is 1. The van der Waals surface area contributed by atoms with Gasteiger partial charge in [-0.3, -0.25) is 4.79 Å². The van der Waals surface area contributed by atoms with Gasteiger partial charge in [-0.25, -0.2) is 4.79 Å². The van der Waals surface area contributed by atoms with E-state index >= 15 is 0 Å². The summed E-state index contributed by atoms with van der Waals surface area (Å²) in [6.45, 7) is 3.72. The number of thiophene rings is 1. The van der Waals surface area contributed by atoms with Gasteiger partial charge in [0.2, 0.25) is 0 Å². The molecule has 1 amide bonds. The van der Waals surface area contributed by atoms with E-state index in [1.807, 2.05) is 0 Å². The summed E-state index contributed by atoms with van der Waals surface area (Å²) in [5.74, 6) is -0.274. The maximum atomic E-state index is 12.6. The first-order chi connectivity index (χ1) is 13.0. The number of carbonyl (C=O) groups is 2. The lowest BCUT2D eigenvalue weighted by Crippen LogP contribution is -2.30. The van der Waals surface area contributed by atoms with Crippen molar-refractivity contribution in [2.45, 2.75) is 45.6 Å². The van der Waals surface area contributed by atoms with Gasteiger partial charge in [-0.15, -0.1) is 11.3 Å². The molecule has 2 aromatic rings. The van der Waals surface area contributed by atoms with E-state index in [2.05, 4.69) is 5.32 Å². The quantitative estimate of drug-likeness (QED) is 0.694. The van der Waals surface area contributed by atoms with E-state index in [0.29, 0.717) is 27.9 Å². The van der Waals surface area contributed by atoms with Gasteiger partial charge in [0.1, 0.15) is 10.8 Å². The van der Waals surface area contributed by atoms with Crippen molar-refractivity contribution in [1.29, 1.82) is 0 Å². The van der Waals surface area contributed by atoms with Crippen LogP contribution in [0.25, 0.3) is 0 Å². The molecule has 1 heterocycles. The largest absolute Gasteiger partial charge is 0.479 e. The van der Waals surface area contributed by atoms with E-state index in [-0.39, 0.29) is 11.9 Å². The van der Waals surface area contributed by atoms with Gasteiger partial charge in [-0.05, 0) is 57.2 Å². The van der Waals surface area contributed by atoms with Crippen molar-refractivity contribution >= 4 is 39.8 Å². The summed E-state index contributed by atoms with van der Waals surface area (Å²) in [6.07, 6.45) is 3.12. The number of ether oxygens (including phenoxy) is 2. The van der Waals surface area contributed by atoms with E-state index in [1.54, 1.807) is 38.1 Å². The molecule has 27 heavy (non-hydrogen) atoms. The minimum atomic E-state index is -0.765. The zero-order valence-electron chi connectivity index (χ0n) is 15.3. The predicted molar refractivity (Wildman–Crippen MR) is 107 cm³/mol. The van der Waals surface area contributed by atoms with E-state index < -0.39 is 6.10 Å². The molecule has 1 aliphatic carbocycles. The van der Waals surface area contributed by atoms with Crippen LogP contribution in [0.5, 0.6) is 5.75 Å². The molecular weight excluding hydrogens is 386 g/mol. The Morgan fingerprint density at radius 3 is 2.74 bits per heavy atom. The molecule has 1 aliphatic rings. The Morgan fingerprint density at radius 2 is 2.00 bits per heavy atom. The smallest absolute Gasteiger partial charge is 0.341 e. The summed E-state index contributed by atoms with van der Waals surface area (Å²) in [5, 5.41) is 3.84. The molecule has 1 atom stereocenters. The molecule has 7 heteroatoms. The summed E-state index contributed by atoms with van der Waals surface area (Å²) >= 11 is 7.54. The monoisotopic (exact) mass is 407 g/mol. The summed E-state index contributed by atoms with van der Waals surface area (Å²) in [5.41, 5.74) is 1.51. The van der Waals surface area contributed by atoms with Crippen LogP contribution < -0.4 is 10.1 Å². The standard InChI is InChI=1S/C20H22ClNO4S/c1-3-25-20(24)17-13-8-4-7-11-16(13)27-19(17)22-18(23)12(2)26-15-10-6-5-9-14(15)21/h5-6,9-10,12H,3-4,7-8,11H2,1-2H3,(H,22,23)/t12-/m1/s1. The van der Waals surface area contributed by atoms with Crippen molar-refractivity contribution in [2.24, 2.45) is 0 Å². The molecule has 0 fully saturated rings. The highest BCUT2D eigenvalue weighted by Crippen LogP contribution is 2.38. The fraction of sp³-hybridized carbons (Fsp3) is 0.400. The van der Waals surface area contributed by atoms with Crippen molar-refractivity contribution in [3.63, 3.8) is 0 Å². The molecule has 0 aliphatic heterocycles. The van der Waals surface area contributed by atoms with Crippen LogP contribution >= 0.6 is 22.9 Å². The van der Waals surface area contributed by atoms with Gasteiger partial charge in [0.15, 0.2) is 6.10 Å². The second-order valence-corrected chi connectivity index (χ2v) is 7.83. The fourth-order valence-corrected chi connectivity index (χ4v) is 4.53. The lowest BCUT2D eigenvalue weighted by atomic mass is 9.95. The van der Waals surface area contributed by atoms with Crippen LogP contribution in [0.4, 0.5) is 5.00 Å². The molecule has 0 radical (unpaired) electrons. The maximum Gasteiger partial charge on any atom is 0.341 e. The van der Waals surface area contributed by atoms with Crippen LogP contribution in [0, 0.1) is 0 Å². The van der Waals surface area contributed by atoms with Crippen LogP contribution in [0.3, 0.4) is 0 Å². The minimum absolute atomic E-state index is 0.295. The molecule has 1 aromatic carbocycles. The Hall–Kier alpha value is -2.05. The SMILES string of the molecule is CCOC(=O)c1c(NC(=O)[C@@H](C)Oc2ccccc2Cl)sc2c1CCCC2. The average Bonchev–Trinajstić information content (AvgIpc) is 3.01. The van der Waals surface area contributed by atoms with Crippen molar-refractivity contribution in [1.82, 2.24) is 0 Å². The van der Waals surface area contributed by atoms with E-state index in [4.69, 9.17) is 21.1 Å². The lowest BCUT2D eigenvalue weighted by Gasteiger charge is -2.16. The van der Waals surface area contributed by atoms with Crippen LogP contribution in [-0.2, 0) is 22.4 Å². The van der Waals surface area contributed by atoms with Gasteiger partial charge in [0, 0.05) is 4.88 Å². The molecule has 0 saturated heterocycles. The van der Waals surface area contributed by atoms with Gasteiger partial charge in [-0.1, -0.05) is 23.7 Å². The molecule has 0 bridgehead atoms. The number of halogens is 1. The molecule has 144 valence electrons. The molecule has 3 rings (SSSR count). The predicted octanol–water partition coefficient (Wildman–Crippen LogP) is 4.86. The number of benzene rings is 1. The zero-order chi connectivity index (χ0) is 19.4. The first-order valence-corrected chi connectivity index (χ1v) is 10.2. The van der Waals surface area contributed by atoms with Crippen LogP contribution in [0.15, 0.2) is 24.3 Å². The Balaban J connectivity index is 1.80. The third kappa shape index (κ3) is 4.45. The second-order valence-electron chi connectivity index (χ2n) is 6.32. The van der Waals surface area contributed by atoms with E-state index in [1.165, 1.54) is 11.3 Å². The molecule has 1 N–H and O–H groups in total. The molecule has 1 aromatic heterocycles. The Bertz CT molecular complexity index is 849. The van der Waals surface area contributed by atoms with Crippen molar-refractivity contribution < 1.29 is 19.1 Å². The van der Waals surface area contributed by atoms with Gasteiger partial charge < -0.3 is 14.8 Å². The maximum absolute atomic E-state index is 12.6. The number of anilines is 1. The number of rotatable bonds is 6. The van der Waals surface area contributed by atoms with Gasteiger partial charge >= 0.3 is 5.97 Å². The van der Waals surface area contributed by atoms with E-state index in [0.717, 1.165) is 36.1 Å². The van der Waals surface area contributed by atoms with Crippen LogP contribution in [-0.4, -0.2) is 24.6 Å². The summed E-state index contributed by atoms with van der Waals surface area (Å²) < 4.78 is 10.9. The molecule has 0 unspecified atom stereocenters. The highest BCUT2D eigenvalue weighted by atomic mass is 35.5. The topological polar surface area (TPSA) is 64.6 Å². The fourth-order valence-electron chi connectivity index (χ4n) is 3.07. The van der Waals surface area contributed by atoms with Gasteiger partial charge in [-0.2, -0.15) is 0 Å². The zero-order valence-corrected chi connectivity index (χ0v) is 16.9. The van der Waals surface area contributed by atoms with Crippen molar-refractivity contribution in [3.8, 4) is 5.75 Å². The number of aryl methyl sites for hydroxylation is 1. The third-order valence-electron chi connectivity index (χ3n) is 4.40. The number of esters is 1. The minimum Gasteiger partial charge on any atom is -0.479 e. The average molecular weight is 408 g/mol. The first-order valence-electron chi connectivity index (χ1n) is 9.05. The number of hydrogen-bond donors (Lipinski definition) is 1. The number of hydrogen-bond acceptors (Lipinski definition) is 5. The molecule has 0 saturated carbocycles. The summed E-state index contributed by atoms with van der Waals surface area (Å²) in [6, 6.07) is 6.99. The number of nitrogens with one attached hydrogen (secondary N) is 1. The number of carbonyl (C=O) groups excluding carboxylic acids is 2. The molecular formula is C20H22ClNO4S. The number of amides is 1. The Morgan fingerprint density at radius 1 is 1.26 bits per heavy atom. The lowest BCUT2D eigenvalue weighted by molar-refractivity contribution is -0.122. The number of fused-ring (bicyclic) bond motifs is 1. The van der Waals surface area contributed by atoms with Gasteiger partial charge in [0.25, 0.3) is 5.91 Å². The van der Waals surface area contributed by atoms with E-state index in [9.17, 15) is 9.59 Å². The molecule has 5 nitrogen and oxygen atoms in total. The highest BCUT2D eigenvalue weighted by molar-refractivity contribution is 7.17. The first kappa shape index (κ1) is 19.7. The summed E-state index contributed by atoms with van der Waals surface area (Å²) in [4.78, 5) is 26.3. The third-order valence-corrected chi connectivity index (χ3v) is 5.92. The van der Waals surface area contributed by atoms with Crippen LogP contribution in [0.1, 0.15) is 47.5 Å². The summed E-state index contributed by atoms with van der Waals surface area (Å²) in [7, 11) is 0. The van der Waals surface area contributed by atoms with Gasteiger partial charge in [0.05, 0.1) is 17.2 Å². The second kappa shape index (κ2) is 8.76. The van der Waals surface area contributed by atoms with Crippen LogP contribution in [0.2, 0.25) is 5.02 Å². The normalized spacial score (nSPS) is 14.2. The van der Waals surface area contributed by atoms with Crippen molar-refractivity contribution in [2.75, 3.05) is 11.9 Å². The Labute approximate surface area is 167 Å². The molecule has 0 spiro atoms. The highest BCUT2D eigenvalue weighted by Gasteiger charge is 2.28.